The van der Waals surface area contributed by atoms with Crippen molar-refractivity contribution in [2.75, 3.05) is 5.32 Å². The lowest BCUT2D eigenvalue weighted by atomic mass is 9.98. The standard InChI is InChI=1S/C17H18N4O2S/c1-17(2,3)16-21-13(10-24-16)9-19-14(22)15(23)20-12-6-4-5-11(7-12)8-18/h4-7,10H,9H2,1-3H3,(H,19,22)(H,20,23). The van der Waals surface area contributed by atoms with Crippen LogP contribution in [0.5, 0.6) is 0 Å². The zero-order valence-electron chi connectivity index (χ0n) is 13.7. The smallest absolute Gasteiger partial charge is 0.313 e. The molecule has 0 fully saturated rings. The van der Waals surface area contributed by atoms with E-state index in [0.29, 0.717) is 11.3 Å². The van der Waals surface area contributed by atoms with E-state index in [-0.39, 0.29) is 12.0 Å². The summed E-state index contributed by atoms with van der Waals surface area (Å²) in [7, 11) is 0. The second-order valence-corrected chi connectivity index (χ2v) is 7.08. The van der Waals surface area contributed by atoms with Gasteiger partial charge in [0, 0.05) is 16.5 Å². The average molecular weight is 342 g/mol. The molecule has 1 aromatic carbocycles. The fourth-order valence-electron chi connectivity index (χ4n) is 1.84. The number of carbonyl (C=O) groups excluding carboxylic acids is 2. The highest BCUT2D eigenvalue weighted by Gasteiger charge is 2.19. The van der Waals surface area contributed by atoms with Gasteiger partial charge in [-0.2, -0.15) is 5.26 Å². The number of nitriles is 1. The maximum Gasteiger partial charge on any atom is 0.313 e. The molecule has 0 spiro atoms. The van der Waals surface area contributed by atoms with Crippen molar-refractivity contribution in [2.45, 2.75) is 32.7 Å². The number of thiazole rings is 1. The highest BCUT2D eigenvalue weighted by molar-refractivity contribution is 7.09. The number of nitrogens with zero attached hydrogens (tertiary/aromatic N) is 2. The van der Waals surface area contributed by atoms with Gasteiger partial charge in [0.1, 0.15) is 0 Å². The van der Waals surface area contributed by atoms with Crippen LogP contribution in [-0.2, 0) is 21.5 Å². The number of carbonyl (C=O) groups is 2. The summed E-state index contributed by atoms with van der Waals surface area (Å²) in [6.45, 7) is 6.39. The van der Waals surface area contributed by atoms with Crippen molar-refractivity contribution in [1.29, 1.82) is 5.26 Å². The Hall–Kier alpha value is -2.72. The minimum atomic E-state index is -0.781. The van der Waals surface area contributed by atoms with Crippen molar-refractivity contribution in [3.8, 4) is 6.07 Å². The van der Waals surface area contributed by atoms with E-state index in [1.807, 2.05) is 11.4 Å². The van der Waals surface area contributed by atoms with Crippen LogP contribution in [-0.4, -0.2) is 16.8 Å². The monoisotopic (exact) mass is 342 g/mol. The molecular formula is C17H18N4O2S. The Morgan fingerprint density at radius 2 is 2.04 bits per heavy atom. The molecule has 2 rings (SSSR count). The van der Waals surface area contributed by atoms with Gasteiger partial charge in [-0.15, -0.1) is 11.3 Å². The van der Waals surface area contributed by atoms with Crippen LogP contribution < -0.4 is 10.6 Å². The molecule has 0 saturated heterocycles. The number of nitrogens with one attached hydrogen (secondary N) is 2. The van der Waals surface area contributed by atoms with Gasteiger partial charge in [-0.3, -0.25) is 9.59 Å². The summed E-state index contributed by atoms with van der Waals surface area (Å²) in [6.07, 6.45) is 0. The molecule has 0 bridgehead atoms. The maximum absolute atomic E-state index is 11.9. The number of rotatable bonds is 3. The molecule has 0 aliphatic heterocycles. The van der Waals surface area contributed by atoms with Crippen LogP contribution >= 0.6 is 11.3 Å². The van der Waals surface area contributed by atoms with E-state index >= 15 is 0 Å². The first-order valence-electron chi connectivity index (χ1n) is 7.34. The summed E-state index contributed by atoms with van der Waals surface area (Å²) in [5.74, 6) is -1.53. The van der Waals surface area contributed by atoms with Gasteiger partial charge in [-0.1, -0.05) is 26.8 Å². The Balaban J connectivity index is 1.91. The molecule has 0 aliphatic carbocycles. The third-order valence-electron chi connectivity index (χ3n) is 3.08. The van der Waals surface area contributed by atoms with Crippen LogP contribution in [0.25, 0.3) is 0 Å². The number of amides is 2. The third-order valence-corrected chi connectivity index (χ3v) is 4.40. The van der Waals surface area contributed by atoms with Crippen LogP contribution in [0, 0.1) is 11.3 Å². The molecule has 0 radical (unpaired) electrons. The van der Waals surface area contributed by atoms with Crippen LogP contribution in [0.3, 0.4) is 0 Å². The third kappa shape index (κ3) is 4.64. The largest absolute Gasteiger partial charge is 0.342 e. The molecule has 0 saturated carbocycles. The summed E-state index contributed by atoms with van der Waals surface area (Å²) >= 11 is 1.53. The average Bonchev–Trinajstić information content (AvgIpc) is 3.02. The van der Waals surface area contributed by atoms with E-state index in [1.54, 1.807) is 18.2 Å². The van der Waals surface area contributed by atoms with E-state index < -0.39 is 11.8 Å². The lowest BCUT2D eigenvalue weighted by Gasteiger charge is -2.13. The Labute approximate surface area is 144 Å². The molecule has 2 aromatic rings. The molecule has 2 amide bonds. The molecule has 24 heavy (non-hydrogen) atoms. The van der Waals surface area contributed by atoms with Gasteiger partial charge >= 0.3 is 11.8 Å². The molecule has 0 aliphatic rings. The Morgan fingerprint density at radius 1 is 1.29 bits per heavy atom. The Bertz CT molecular complexity index is 799. The summed E-state index contributed by atoms with van der Waals surface area (Å²) in [5, 5.41) is 16.7. The van der Waals surface area contributed by atoms with E-state index in [9.17, 15) is 9.59 Å². The van der Waals surface area contributed by atoms with E-state index in [2.05, 4.69) is 36.4 Å². The molecule has 6 nitrogen and oxygen atoms in total. The second kappa shape index (κ2) is 7.23. The quantitative estimate of drug-likeness (QED) is 0.838. The zero-order valence-corrected chi connectivity index (χ0v) is 14.5. The minimum Gasteiger partial charge on any atom is -0.342 e. The van der Waals surface area contributed by atoms with Gasteiger partial charge < -0.3 is 10.6 Å². The first kappa shape index (κ1) is 17.6. The van der Waals surface area contributed by atoms with Gasteiger partial charge in [0.2, 0.25) is 0 Å². The van der Waals surface area contributed by atoms with Gasteiger partial charge in [0.15, 0.2) is 0 Å². The Morgan fingerprint density at radius 3 is 2.67 bits per heavy atom. The minimum absolute atomic E-state index is 0.0456. The van der Waals surface area contributed by atoms with Crippen molar-refractivity contribution < 1.29 is 9.59 Å². The lowest BCUT2D eigenvalue weighted by molar-refractivity contribution is -0.136. The van der Waals surface area contributed by atoms with Crippen LogP contribution in [0.4, 0.5) is 5.69 Å². The number of aromatic nitrogens is 1. The van der Waals surface area contributed by atoms with Crippen molar-refractivity contribution in [2.24, 2.45) is 0 Å². The zero-order chi connectivity index (χ0) is 17.7. The summed E-state index contributed by atoms with van der Waals surface area (Å²) in [4.78, 5) is 28.2. The van der Waals surface area contributed by atoms with E-state index in [0.717, 1.165) is 10.7 Å². The first-order chi connectivity index (χ1) is 11.3. The molecular weight excluding hydrogens is 324 g/mol. The van der Waals surface area contributed by atoms with Crippen LogP contribution in [0.1, 0.15) is 37.0 Å². The molecule has 1 aromatic heterocycles. The van der Waals surface area contributed by atoms with Gasteiger partial charge in [0.25, 0.3) is 0 Å². The van der Waals surface area contributed by atoms with E-state index in [1.165, 1.54) is 17.4 Å². The molecule has 7 heteroatoms. The summed E-state index contributed by atoms with van der Waals surface area (Å²) in [6, 6.07) is 8.34. The number of anilines is 1. The number of benzene rings is 1. The first-order valence-corrected chi connectivity index (χ1v) is 8.22. The molecule has 0 unspecified atom stereocenters. The second-order valence-electron chi connectivity index (χ2n) is 6.22. The predicted octanol–water partition coefficient (Wildman–Crippen LogP) is 2.57. The normalized spacial score (nSPS) is 10.8. The lowest BCUT2D eigenvalue weighted by Crippen LogP contribution is -2.35. The fraction of sp³-hybridized carbons (Fsp3) is 0.294. The summed E-state index contributed by atoms with van der Waals surface area (Å²) < 4.78 is 0. The van der Waals surface area contributed by atoms with Crippen LogP contribution in [0.15, 0.2) is 29.6 Å². The molecule has 0 atom stereocenters. The fourth-order valence-corrected chi connectivity index (χ4v) is 2.75. The van der Waals surface area contributed by atoms with Crippen molar-refractivity contribution in [3.05, 3.63) is 45.9 Å². The number of hydrogen-bond donors (Lipinski definition) is 2. The maximum atomic E-state index is 11.9. The number of hydrogen-bond acceptors (Lipinski definition) is 5. The Kier molecular flexibility index (Phi) is 5.31. The van der Waals surface area contributed by atoms with Gasteiger partial charge in [0.05, 0.1) is 28.9 Å². The van der Waals surface area contributed by atoms with Crippen molar-refractivity contribution in [3.63, 3.8) is 0 Å². The van der Waals surface area contributed by atoms with Crippen molar-refractivity contribution >= 4 is 28.8 Å². The van der Waals surface area contributed by atoms with Gasteiger partial charge in [-0.05, 0) is 18.2 Å². The summed E-state index contributed by atoms with van der Waals surface area (Å²) in [5.41, 5.74) is 1.48. The molecule has 2 N–H and O–H groups in total. The van der Waals surface area contributed by atoms with Gasteiger partial charge in [-0.25, -0.2) is 4.98 Å². The van der Waals surface area contributed by atoms with Crippen LogP contribution in [0.2, 0.25) is 0 Å². The highest BCUT2D eigenvalue weighted by Crippen LogP contribution is 2.25. The topological polar surface area (TPSA) is 94.9 Å². The molecule has 1 heterocycles. The predicted molar refractivity (Wildman–Crippen MR) is 92.4 cm³/mol. The highest BCUT2D eigenvalue weighted by atomic mass is 32.1. The van der Waals surface area contributed by atoms with E-state index in [4.69, 9.17) is 5.26 Å². The molecule has 124 valence electrons. The SMILES string of the molecule is CC(C)(C)c1nc(CNC(=O)C(=O)Nc2cccc(C#N)c2)cs1. The van der Waals surface area contributed by atoms with Crippen molar-refractivity contribution in [1.82, 2.24) is 10.3 Å².